The molecule has 4 heteroatoms. The molecule has 0 heterocycles. The highest BCUT2D eigenvalue weighted by Gasteiger charge is 2.09. The summed E-state index contributed by atoms with van der Waals surface area (Å²) in [5.41, 5.74) is 7.81. The van der Waals surface area contributed by atoms with E-state index in [0.29, 0.717) is 0 Å². The van der Waals surface area contributed by atoms with Gasteiger partial charge in [-0.3, -0.25) is 4.90 Å². The van der Waals surface area contributed by atoms with Gasteiger partial charge in [-0.1, -0.05) is 24.6 Å². The Morgan fingerprint density at radius 2 is 1.94 bits per heavy atom. The molecule has 0 aliphatic carbocycles. The molecule has 0 unspecified atom stereocenters. The van der Waals surface area contributed by atoms with Crippen molar-refractivity contribution in [3.8, 4) is 0 Å². The van der Waals surface area contributed by atoms with Gasteiger partial charge in [0.15, 0.2) is 0 Å². The van der Waals surface area contributed by atoms with E-state index in [1.165, 1.54) is 0 Å². The van der Waals surface area contributed by atoms with Gasteiger partial charge >= 0.3 is 0 Å². The molecule has 0 spiro atoms. The van der Waals surface area contributed by atoms with Crippen LogP contribution in [-0.2, 0) is 6.54 Å². The molecule has 0 radical (unpaired) electrons. The Kier molecular flexibility index (Phi) is 6.47. The summed E-state index contributed by atoms with van der Waals surface area (Å²) in [6.07, 6.45) is 1.16. The van der Waals surface area contributed by atoms with Gasteiger partial charge in [0, 0.05) is 22.8 Å². The standard InChI is InChI=1S/C14H24ClN3/c1-4-18(10-6-9-17(2)3)11-12-13(15)7-5-8-14(12)16/h5,7-8H,4,6,9-11,16H2,1-3H3. The minimum atomic E-state index is 0.765. The van der Waals surface area contributed by atoms with Crippen LogP contribution >= 0.6 is 11.6 Å². The van der Waals surface area contributed by atoms with Gasteiger partial charge in [-0.25, -0.2) is 0 Å². The first-order chi connectivity index (χ1) is 8.54. The van der Waals surface area contributed by atoms with Crippen molar-refractivity contribution in [2.75, 3.05) is 39.5 Å². The predicted molar refractivity (Wildman–Crippen MR) is 80.0 cm³/mol. The van der Waals surface area contributed by atoms with Crippen molar-refractivity contribution in [2.45, 2.75) is 19.9 Å². The van der Waals surface area contributed by atoms with Gasteiger partial charge in [0.2, 0.25) is 0 Å². The van der Waals surface area contributed by atoms with Crippen LogP contribution in [0.5, 0.6) is 0 Å². The summed E-state index contributed by atoms with van der Waals surface area (Å²) in [6, 6.07) is 5.71. The van der Waals surface area contributed by atoms with E-state index in [2.05, 4.69) is 30.8 Å². The summed E-state index contributed by atoms with van der Waals surface area (Å²) < 4.78 is 0. The molecule has 2 N–H and O–H groups in total. The first-order valence-corrected chi connectivity index (χ1v) is 6.82. The Balaban J connectivity index is 2.57. The molecule has 1 aromatic rings. The lowest BCUT2D eigenvalue weighted by atomic mass is 10.1. The SMILES string of the molecule is CCN(CCCN(C)C)Cc1c(N)cccc1Cl. The van der Waals surface area contributed by atoms with Crippen molar-refractivity contribution < 1.29 is 0 Å². The zero-order valence-corrected chi connectivity index (χ0v) is 12.4. The van der Waals surface area contributed by atoms with E-state index >= 15 is 0 Å². The van der Waals surface area contributed by atoms with Crippen LogP contribution in [0.2, 0.25) is 5.02 Å². The van der Waals surface area contributed by atoms with E-state index in [9.17, 15) is 0 Å². The van der Waals surface area contributed by atoms with Crippen molar-refractivity contribution in [3.63, 3.8) is 0 Å². The molecule has 102 valence electrons. The molecule has 0 bridgehead atoms. The highest BCUT2D eigenvalue weighted by Crippen LogP contribution is 2.23. The summed E-state index contributed by atoms with van der Waals surface area (Å²) in [5, 5.41) is 0.765. The molecule has 1 aromatic carbocycles. The third kappa shape index (κ3) is 4.84. The number of rotatable bonds is 7. The number of nitrogens with zero attached hydrogens (tertiary/aromatic N) is 2. The quantitative estimate of drug-likeness (QED) is 0.773. The van der Waals surface area contributed by atoms with E-state index in [-0.39, 0.29) is 0 Å². The van der Waals surface area contributed by atoms with Crippen molar-refractivity contribution in [1.82, 2.24) is 9.80 Å². The Morgan fingerprint density at radius 1 is 1.22 bits per heavy atom. The third-order valence-electron chi connectivity index (χ3n) is 3.06. The summed E-state index contributed by atoms with van der Waals surface area (Å²) in [6.45, 7) is 6.18. The maximum absolute atomic E-state index is 6.20. The lowest BCUT2D eigenvalue weighted by Gasteiger charge is -2.22. The smallest absolute Gasteiger partial charge is 0.0471 e. The molecule has 1 rings (SSSR count). The number of nitrogens with two attached hydrogens (primary N) is 1. The zero-order chi connectivity index (χ0) is 13.5. The predicted octanol–water partition coefficient (Wildman–Crippen LogP) is 2.70. The largest absolute Gasteiger partial charge is 0.398 e. The number of anilines is 1. The van der Waals surface area contributed by atoms with Crippen LogP contribution in [0.3, 0.4) is 0 Å². The van der Waals surface area contributed by atoms with Crippen molar-refractivity contribution in [3.05, 3.63) is 28.8 Å². The lowest BCUT2D eigenvalue weighted by Crippen LogP contribution is -2.27. The van der Waals surface area contributed by atoms with Gasteiger partial charge in [-0.2, -0.15) is 0 Å². The Bertz CT molecular complexity index is 346. The van der Waals surface area contributed by atoms with Crippen molar-refractivity contribution >= 4 is 17.3 Å². The lowest BCUT2D eigenvalue weighted by molar-refractivity contribution is 0.259. The maximum atomic E-state index is 6.20. The number of nitrogen functional groups attached to an aromatic ring is 1. The zero-order valence-electron chi connectivity index (χ0n) is 11.6. The minimum absolute atomic E-state index is 0.765. The molecule has 0 saturated carbocycles. The molecule has 0 aliphatic rings. The summed E-state index contributed by atoms with van der Waals surface area (Å²) >= 11 is 6.20. The van der Waals surface area contributed by atoms with Gasteiger partial charge in [0.05, 0.1) is 0 Å². The van der Waals surface area contributed by atoms with E-state index < -0.39 is 0 Å². The summed E-state index contributed by atoms with van der Waals surface area (Å²) in [7, 11) is 4.20. The minimum Gasteiger partial charge on any atom is -0.398 e. The van der Waals surface area contributed by atoms with Gasteiger partial charge < -0.3 is 10.6 Å². The highest BCUT2D eigenvalue weighted by molar-refractivity contribution is 6.31. The topological polar surface area (TPSA) is 32.5 Å². The number of hydrogen-bond donors (Lipinski definition) is 1. The van der Waals surface area contributed by atoms with Gasteiger partial charge in [0.25, 0.3) is 0 Å². The van der Waals surface area contributed by atoms with Crippen LogP contribution in [0.1, 0.15) is 18.9 Å². The third-order valence-corrected chi connectivity index (χ3v) is 3.42. The fourth-order valence-corrected chi connectivity index (χ4v) is 2.17. The molecule has 0 aliphatic heterocycles. The van der Waals surface area contributed by atoms with Gasteiger partial charge in [-0.05, 0) is 52.3 Å². The maximum Gasteiger partial charge on any atom is 0.0471 e. The number of benzene rings is 1. The Hall–Kier alpha value is -0.770. The second kappa shape index (κ2) is 7.62. The van der Waals surface area contributed by atoms with Gasteiger partial charge in [0.1, 0.15) is 0 Å². The number of hydrogen-bond acceptors (Lipinski definition) is 3. The monoisotopic (exact) mass is 269 g/mol. The van der Waals surface area contributed by atoms with Crippen molar-refractivity contribution in [2.24, 2.45) is 0 Å². The molecule has 0 fully saturated rings. The van der Waals surface area contributed by atoms with Crippen LogP contribution < -0.4 is 5.73 Å². The Morgan fingerprint density at radius 3 is 2.50 bits per heavy atom. The van der Waals surface area contributed by atoms with Crippen LogP contribution in [-0.4, -0.2) is 43.5 Å². The second-order valence-corrected chi connectivity index (χ2v) is 5.24. The van der Waals surface area contributed by atoms with Crippen LogP contribution in [0.25, 0.3) is 0 Å². The molecule has 0 atom stereocenters. The fourth-order valence-electron chi connectivity index (χ4n) is 1.93. The first kappa shape index (κ1) is 15.3. The second-order valence-electron chi connectivity index (χ2n) is 4.83. The molecular weight excluding hydrogens is 246 g/mol. The Labute approximate surface area is 116 Å². The van der Waals surface area contributed by atoms with E-state index in [4.69, 9.17) is 17.3 Å². The average molecular weight is 270 g/mol. The molecule has 18 heavy (non-hydrogen) atoms. The summed E-state index contributed by atoms with van der Waals surface area (Å²) in [4.78, 5) is 4.58. The van der Waals surface area contributed by atoms with Crippen LogP contribution in [0, 0.1) is 0 Å². The number of halogens is 1. The van der Waals surface area contributed by atoms with Crippen LogP contribution in [0.4, 0.5) is 5.69 Å². The normalized spacial score (nSPS) is 11.4. The van der Waals surface area contributed by atoms with Crippen molar-refractivity contribution in [1.29, 1.82) is 0 Å². The molecule has 0 saturated heterocycles. The highest BCUT2D eigenvalue weighted by atomic mass is 35.5. The van der Waals surface area contributed by atoms with E-state index in [1.54, 1.807) is 0 Å². The fraction of sp³-hybridized carbons (Fsp3) is 0.571. The molecule has 3 nitrogen and oxygen atoms in total. The molecule has 0 amide bonds. The van der Waals surface area contributed by atoms with E-state index in [0.717, 1.165) is 48.9 Å². The molecule has 0 aromatic heterocycles. The van der Waals surface area contributed by atoms with Gasteiger partial charge in [-0.15, -0.1) is 0 Å². The van der Waals surface area contributed by atoms with Crippen LogP contribution in [0.15, 0.2) is 18.2 Å². The average Bonchev–Trinajstić information content (AvgIpc) is 2.31. The first-order valence-electron chi connectivity index (χ1n) is 6.44. The molecular formula is C14H24ClN3. The van der Waals surface area contributed by atoms with E-state index in [1.807, 2.05) is 18.2 Å². The summed E-state index contributed by atoms with van der Waals surface area (Å²) in [5.74, 6) is 0.